The van der Waals surface area contributed by atoms with Crippen molar-refractivity contribution in [2.45, 2.75) is 13.8 Å². The second kappa shape index (κ2) is 28.6. The Kier molecular flexibility index (Phi) is 17.1. The maximum atomic E-state index is 5.49. The molecule has 11 heteroatoms. The lowest BCUT2D eigenvalue weighted by molar-refractivity contribution is 1.07. The fourth-order valence-corrected chi connectivity index (χ4v) is 14.9. The Bertz CT molecular complexity index is 6310. The van der Waals surface area contributed by atoms with E-state index in [4.69, 9.17) is 54.8 Å². The minimum Gasteiger partial charge on any atom is -0.247 e. The molecule has 14 aromatic carbocycles. The fraction of sp³-hybridized carbons (Fsp3) is 0.0202. The Morgan fingerprint density at radius 1 is 0.164 bits per heavy atom. The average Bonchev–Trinajstić information content (AvgIpc) is 0.727. The van der Waals surface area contributed by atoms with Crippen molar-refractivity contribution in [1.29, 1.82) is 0 Å². The van der Waals surface area contributed by atoms with E-state index in [1.54, 1.807) is 0 Å². The van der Waals surface area contributed by atoms with E-state index in [0.717, 1.165) is 189 Å². The van der Waals surface area contributed by atoms with E-state index in [-0.39, 0.29) is 0 Å². The standard InChI is InChI=1S/C50H33N5.C49H32N6/c1-32-30-43-49(55-48(36-20-10-4-11-21-36)47(52-43)35-18-8-3-9-19-35)45-39-24-14-15-25-40(39)51-46(44(32)45)37-28-26-34(27-29-37)42-31-41(33-16-6-2-7-17-33)53-50(54-42)38-22-12-5-13-23-38;1-31-30-40-46(52-45(33-18-8-3-9-19-33)44(51-40)32-16-6-2-7-17-32)42-38-24-14-15-25-39(38)50-43(41(31)42)34-26-28-37(29-27-34)49-54-47(35-20-10-4-11-21-35)53-48(55-49)36-22-12-5-13-23-36/h2-31H,1H3;2-30H,1H3. The van der Waals surface area contributed by atoms with Crippen molar-refractivity contribution in [3.63, 3.8) is 0 Å². The van der Waals surface area contributed by atoms with Gasteiger partial charge in [-0.2, -0.15) is 0 Å². The van der Waals surface area contributed by atoms with Gasteiger partial charge in [0.15, 0.2) is 23.3 Å². The normalized spacial score (nSPS) is 11.4. The Labute approximate surface area is 634 Å². The number of para-hydroxylation sites is 2. The molecule has 516 valence electrons. The van der Waals surface area contributed by atoms with Crippen LogP contribution in [0.25, 0.3) is 201 Å². The summed E-state index contributed by atoms with van der Waals surface area (Å²) in [6.07, 6.45) is 0. The quantitative estimate of drug-likeness (QED) is 0.108. The number of hydrogen-bond acceptors (Lipinski definition) is 11. The number of rotatable bonds is 12. The molecule has 20 rings (SSSR count). The van der Waals surface area contributed by atoms with Crippen LogP contribution >= 0.6 is 0 Å². The predicted molar refractivity (Wildman–Crippen MR) is 448 cm³/mol. The highest BCUT2D eigenvalue weighted by atomic mass is 15.0. The lowest BCUT2D eigenvalue weighted by atomic mass is 9.94. The van der Waals surface area contributed by atoms with E-state index in [1.165, 1.54) is 0 Å². The summed E-state index contributed by atoms with van der Waals surface area (Å²) in [5.74, 6) is 2.56. The van der Waals surface area contributed by atoms with Gasteiger partial charge in [-0.05, 0) is 55.3 Å². The summed E-state index contributed by atoms with van der Waals surface area (Å²) >= 11 is 0. The van der Waals surface area contributed by atoms with Crippen LogP contribution in [0.5, 0.6) is 0 Å². The Morgan fingerprint density at radius 2 is 0.400 bits per heavy atom. The molecular weight excluding hydrogens is 1340 g/mol. The largest absolute Gasteiger partial charge is 0.247 e. The van der Waals surface area contributed by atoms with Crippen molar-refractivity contribution < 1.29 is 0 Å². The number of aromatic nitrogens is 11. The first-order valence-corrected chi connectivity index (χ1v) is 36.7. The number of nitrogens with zero attached hydrogens (tertiary/aromatic N) is 11. The second-order valence-electron chi connectivity index (χ2n) is 27.3. The van der Waals surface area contributed by atoms with Crippen molar-refractivity contribution in [2.75, 3.05) is 0 Å². The highest BCUT2D eigenvalue weighted by Gasteiger charge is 2.24. The molecular formula is C99H65N11. The first-order valence-electron chi connectivity index (χ1n) is 36.7. The van der Waals surface area contributed by atoms with Crippen molar-refractivity contribution >= 4 is 65.4 Å². The minimum atomic E-state index is 0.607. The van der Waals surface area contributed by atoms with E-state index in [9.17, 15) is 0 Å². The van der Waals surface area contributed by atoms with Crippen molar-refractivity contribution in [2.24, 2.45) is 0 Å². The van der Waals surface area contributed by atoms with E-state index < -0.39 is 0 Å². The van der Waals surface area contributed by atoms with Gasteiger partial charge in [-0.1, -0.05) is 328 Å². The molecule has 0 aliphatic rings. The first kappa shape index (κ1) is 65.9. The topological polar surface area (TPSA) is 142 Å². The molecule has 110 heavy (non-hydrogen) atoms. The van der Waals surface area contributed by atoms with Gasteiger partial charge < -0.3 is 0 Å². The molecule has 0 amide bonds. The highest BCUT2D eigenvalue weighted by Crippen LogP contribution is 2.44. The van der Waals surface area contributed by atoms with E-state index >= 15 is 0 Å². The van der Waals surface area contributed by atoms with Gasteiger partial charge in [0.05, 0.1) is 78.7 Å². The zero-order chi connectivity index (χ0) is 73.4. The van der Waals surface area contributed by atoms with Gasteiger partial charge in [-0.15, -0.1) is 0 Å². The predicted octanol–water partition coefficient (Wildman–Crippen LogP) is 24.3. The summed E-state index contributed by atoms with van der Waals surface area (Å²) in [5.41, 5.74) is 26.2. The third-order valence-electron chi connectivity index (χ3n) is 20.2. The van der Waals surface area contributed by atoms with Crippen LogP contribution in [0.4, 0.5) is 0 Å². The van der Waals surface area contributed by atoms with Gasteiger partial charge in [-0.3, -0.25) is 0 Å². The second-order valence-corrected chi connectivity index (χ2v) is 27.3. The van der Waals surface area contributed by atoms with Crippen LogP contribution in [-0.4, -0.2) is 54.8 Å². The number of pyridine rings is 2. The molecule has 0 spiro atoms. The molecule has 0 atom stereocenters. The first-order chi connectivity index (χ1) is 54.3. The van der Waals surface area contributed by atoms with Gasteiger partial charge in [0.2, 0.25) is 0 Å². The van der Waals surface area contributed by atoms with Gasteiger partial charge in [0.25, 0.3) is 0 Å². The van der Waals surface area contributed by atoms with Gasteiger partial charge >= 0.3 is 0 Å². The Morgan fingerprint density at radius 3 is 0.745 bits per heavy atom. The van der Waals surface area contributed by atoms with E-state index in [0.29, 0.717) is 23.3 Å². The average molecular weight is 1410 g/mol. The van der Waals surface area contributed by atoms with Crippen LogP contribution in [0.1, 0.15) is 11.1 Å². The summed E-state index contributed by atoms with van der Waals surface area (Å²) in [6.45, 7) is 4.30. The van der Waals surface area contributed by atoms with Gasteiger partial charge in [0, 0.05) is 99.1 Å². The molecule has 0 saturated carbocycles. The number of benzene rings is 14. The zero-order valence-corrected chi connectivity index (χ0v) is 60.0. The summed E-state index contributed by atoms with van der Waals surface area (Å²) in [7, 11) is 0. The van der Waals surface area contributed by atoms with Crippen LogP contribution in [0, 0.1) is 13.8 Å². The van der Waals surface area contributed by atoms with Crippen LogP contribution in [0.3, 0.4) is 0 Å². The zero-order valence-electron chi connectivity index (χ0n) is 60.0. The maximum absolute atomic E-state index is 5.49. The SMILES string of the molecule is Cc1cc2nc(-c3ccccc3)c(-c3ccccc3)nc2c2c1c(-c1ccc(-c3cc(-c4ccccc4)nc(-c4ccccc4)n3)cc1)nc1ccccc12.Cc1cc2nc(-c3ccccc3)c(-c3ccccc3)nc2c2c1c(-c1ccc(-c3nc(-c4ccccc4)nc(-c4ccccc4)n3)cc1)nc1ccccc12. The highest BCUT2D eigenvalue weighted by molar-refractivity contribution is 6.24. The summed E-state index contributed by atoms with van der Waals surface area (Å²) in [6, 6.07) is 122. The molecule has 0 unspecified atom stereocenters. The summed E-state index contributed by atoms with van der Waals surface area (Å²) < 4.78 is 0. The fourth-order valence-electron chi connectivity index (χ4n) is 14.9. The molecule has 0 fully saturated rings. The van der Waals surface area contributed by atoms with Crippen LogP contribution in [-0.2, 0) is 0 Å². The Hall–Kier alpha value is -14.8. The number of aryl methyl sites for hydroxylation is 2. The number of hydrogen-bond donors (Lipinski definition) is 0. The molecule has 0 radical (unpaired) electrons. The van der Waals surface area contributed by atoms with Crippen molar-refractivity contribution in [3.05, 3.63) is 369 Å². The van der Waals surface area contributed by atoms with E-state index in [2.05, 4.69) is 202 Å². The maximum Gasteiger partial charge on any atom is 0.164 e. The molecule has 0 aliphatic carbocycles. The lowest BCUT2D eigenvalue weighted by Gasteiger charge is -2.17. The third kappa shape index (κ3) is 12.6. The van der Waals surface area contributed by atoms with Crippen LogP contribution < -0.4 is 0 Å². The molecule has 20 aromatic rings. The van der Waals surface area contributed by atoms with Crippen molar-refractivity contribution in [3.8, 4) is 136 Å². The molecule has 0 saturated heterocycles. The molecule has 0 N–H and O–H groups in total. The monoisotopic (exact) mass is 1410 g/mol. The third-order valence-corrected chi connectivity index (χ3v) is 20.2. The van der Waals surface area contributed by atoms with Gasteiger partial charge in [0.1, 0.15) is 0 Å². The summed E-state index contributed by atoms with van der Waals surface area (Å²) in [4.78, 5) is 57.1. The van der Waals surface area contributed by atoms with Gasteiger partial charge in [-0.25, -0.2) is 54.8 Å². The minimum absolute atomic E-state index is 0.607. The molecule has 6 heterocycles. The molecule has 0 bridgehead atoms. The Balaban J connectivity index is 0.000000149. The van der Waals surface area contributed by atoms with Crippen molar-refractivity contribution in [1.82, 2.24) is 54.8 Å². The lowest BCUT2D eigenvalue weighted by Crippen LogP contribution is -2.00. The van der Waals surface area contributed by atoms with Crippen LogP contribution in [0.15, 0.2) is 358 Å². The molecule has 0 aliphatic heterocycles. The molecule has 11 nitrogen and oxygen atoms in total. The molecule has 6 aromatic heterocycles. The smallest absolute Gasteiger partial charge is 0.164 e. The van der Waals surface area contributed by atoms with E-state index in [1.807, 2.05) is 170 Å². The van der Waals surface area contributed by atoms with Crippen LogP contribution in [0.2, 0.25) is 0 Å². The number of fused-ring (bicyclic) bond motifs is 10. The summed E-state index contributed by atoms with van der Waals surface area (Å²) in [5, 5.41) is 6.31.